The minimum Gasteiger partial charge on any atom is -0.461 e. The normalized spacial score (nSPS) is 10.5. The van der Waals surface area contributed by atoms with Gasteiger partial charge in [0.2, 0.25) is 0 Å². The maximum absolute atomic E-state index is 11.6. The highest BCUT2D eigenvalue weighted by Crippen LogP contribution is 2.28. The molecule has 0 saturated heterocycles. The van der Waals surface area contributed by atoms with E-state index < -0.39 is 0 Å². The zero-order chi connectivity index (χ0) is 12.4. The summed E-state index contributed by atoms with van der Waals surface area (Å²) in [5.74, 6) is -0.362. The molecule has 0 bridgehead atoms. The van der Waals surface area contributed by atoms with Gasteiger partial charge in [0.05, 0.1) is 11.6 Å². The predicted molar refractivity (Wildman–Crippen MR) is 68.7 cm³/mol. The highest BCUT2D eigenvalue weighted by Gasteiger charge is 2.18. The first-order valence-electron chi connectivity index (χ1n) is 5.19. The number of esters is 1. The van der Waals surface area contributed by atoms with Gasteiger partial charge in [-0.15, -0.1) is 22.7 Å². The molecule has 17 heavy (non-hydrogen) atoms. The Bertz CT molecular complexity index is 545. The van der Waals surface area contributed by atoms with Crippen molar-refractivity contribution >= 4 is 28.6 Å². The van der Waals surface area contributed by atoms with Crippen molar-refractivity contribution in [1.82, 2.24) is 9.97 Å². The molecule has 0 aliphatic rings. The number of thiazole rings is 2. The molecule has 90 valence electrons. The average molecular weight is 268 g/mol. The predicted octanol–water partition coefficient (Wildman–Crippen LogP) is 3.06. The Balaban J connectivity index is 2.33. The first kappa shape index (κ1) is 12.2. The Morgan fingerprint density at radius 1 is 1.41 bits per heavy atom. The van der Waals surface area contributed by atoms with E-state index in [2.05, 4.69) is 9.97 Å². The lowest BCUT2D eigenvalue weighted by molar-refractivity contribution is 0.0519. The molecule has 0 atom stereocenters. The van der Waals surface area contributed by atoms with E-state index in [0.29, 0.717) is 12.3 Å². The van der Waals surface area contributed by atoms with Crippen LogP contribution < -0.4 is 0 Å². The molecule has 0 aromatic carbocycles. The maximum atomic E-state index is 11.6. The second kappa shape index (κ2) is 4.93. The van der Waals surface area contributed by atoms with Gasteiger partial charge < -0.3 is 4.74 Å². The van der Waals surface area contributed by atoms with Gasteiger partial charge in [0.25, 0.3) is 0 Å². The number of carbonyl (C=O) groups excluding carboxylic acids is 1. The number of hydrogen-bond acceptors (Lipinski definition) is 6. The van der Waals surface area contributed by atoms with Crippen LogP contribution in [0.25, 0.3) is 10.7 Å². The topological polar surface area (TPSA) is 52.1 Å². The van der Waals surface area contributed by atoms with Crippen molar-refractivity contribution in [2.75, 3.05) is 6.61 Å². The van der Waals surface area contributed by atoms with E-state index in [1.165, 1.54) is 11.3 Å². The number of ether oxygens (including phenoxy) is 1. The zero-order valence-corrected chi connectivity index (χ0v) is 11.4. The second-order valence-electron chi connectivity index (χ2n) is 3.40. The van der Waals surface area contributed by atoms with Crippen LogP contribution in [0.15, 0.2) is 5.38 Å². The maximum Gasteiger partial charge on any atom is 0.358 e. The van der Waals surface area contributed by atoms with Crippen LogP contribution in [-0.2, 0) is 4.74 Å². The summed E-state index contributed by atoms with van der Waals surface area (Å²) < 4.78 is 4.95. The monoisotopic (exact) mass is 268 g/mol. The average Bonchev–Trinajstić information content (AvgIpc) is 2.85. The third kappa shape index (κ3) is 2.53. The van der Waals surface area contributed by atoms with E-state index in [1.54, 1.807) is 18.3 Å². The quantitative estimate of drug-likeness (QED) is 0.803. The van der Waals surface area contributed by atoms with Crippen molar-refractivity contribution in [3.05, 3.63) is 21.0 Å². The van der Waals surface area contributed by atoms with Crippen LogP contribution in [0.2, 0.25) is 0 Å². The molecule has 4 nitrogen and oxygen atoms in total. The number of nitrogens with zero attached hydrogens (tertiary/aromatic N) is 2. The van der Waals surface area contributed by atoms with Gasteiger partial charge in [-0.3, -0.25) is 0 Å². The lowest BCUT2D eigenvalue weighted by atomic mass is 10.4. The Morgan fingerprint density at radius 3 is 2.76 bits per heavy atom. The van der Waals surface area contributed by atoms with Crippen molar-refractivity contribution in [1.29, 1.82) is 0 Å². The zero-order valence-electron chi connectivity index (χ0n) is 9.81. The third-order valence-corrected chi connectivity index (χ3v) is 3.87. The standard InChI is InChI=1S/C11H12N2O2S2/c1-4-15-11(14)9-6(2)17-10(13-9)8-5-16-7(3)12-8/h5H,4H2,1-3H3. The first-order valence-corrected chi connectivity index (χ1v) is 6.88. The van der Waals surface area contributed by atoms with Crippen LogP contribution in [0.1, 0.15) is 27.3 Å². The summed E-state index contributed by atoms with van der Waals surface area (Å²) in [6, 6.07) is 0. The van der Waals surface area contributed by atoms with Crippen LogP contribution in [-0.4, -0.2) is 22.5 Å². The largest absolute Gasteiger partial charge is 0.461 e. The van der Waals surface area contributed by atoms with E-state index in [0.717, 1.165) is 20.6 Å². The summed E-state index contributed by atoms with van der Waals surface area (Å²) in [7, 11) is 0. The van der Waals surface area contributed by atoms with Gasteiger partial charge in [0, 0.05) is 10.3 Å². The van der Waals surface area contributed by atoms with Crippen LogP contribution >= 0.6 is 22.7 Å². The molecule has 2 rings (SSSR count). The van der Waals surface area contributed by atoms with Gasteiger partial charge in [-0.25, -0.2) is 14.8 Å². The van der Waals surface area contributed by atoms with E-state index in [9.17, 15) is 4.79 Å². The molecule has 2 heterocycles. The molecule has 2 aromatic heterocycles. The Labute approximate surface area is 107 Å². The third-order valence-electron chi connectivity index (χ3n) is 2.10. The summed E-state index contributed by atoms with van der Waals surface area (Å²) in [6.07, 6.45) is 0. The van der Waals surface area contributed by atoms with Crippen LogP contribution in [0.4, 0.5) is 0 Å². The van der Waals surface area contributed by atoms with Gasteiger partial charge in [0.15, 0.2) is 5.69 Å². The molecule has 0 aliphatic carbocycles. The van der Waals surface area contributed by atoms with Crippen molar-refractivity contribution in [2.24, 2.45) is 0 Å². The lowest BCUT2D eigenvalue weighted by Gasteiger charge is -1.97. The van der Waals surface area contributed by atoms with Crippen molar-refractivity contribution in [2.45, 2.75) is 20.8 Å². The molecule has 0 amide bonds. The SMILES string of the molecule is CCOC(=O)c1nc(-c2csc(C)n2)sc1C. The summed E-state index contributed by atoms with van der Waals surface area (Å²) in [6.45, 7) is 5.96. The molecule has 0 unspecified atom stereocenters. The number of carbonyl (C=O) groups is 1. The highest BCUT2D eigenvalue weighted by atomic mass is 32.1. The summed E-state index contributed by atoms with van der Waals surface area (Å²) in [5, 5.41) is 3.71. The molecular formula is C11H12N2O2S2. The van der Waals surface area contributed by atoms with E-state index in [1.807, 2.05) is 19.2 Å². The van der Waals surface area contributed by atoms with Gasteiger partial charge in [0.1, 0.15) is 10.7 Å². The van der Waals surface area contributed by atoms with Gasteiger partial charge in [-0.2, -0.15) is 0 Å². The molecule has 0 fully saturated rings. The number of rotatable bonds is 3. The fourth-order valence-corrected chi connectivity index (χ4v) is 2.89. The van der Waals surface area contributed by atoms with E-state index >= 15 is 0 Å². The number of aromatic nitrogens is 2. The lowest BCUT2D eigenvalue weighted by Crippen LogP contribution is -2.06. The fourth-order valence-electron chi connectivity index (χ4n) is 1.36. The van der Waals surface area contributed by atoms with Gasteiger partial charge >= 0.3 is 5.97 Å². The fraction of sp³-hybridized carbons (Fsp3) is 0.364. The minimum absolute atomic E-state index is 0.362. The molecule has 0 aliphatic heterocycles. The van der Waals surface area contributed by atoms with Gasteiger partial charge in [-0.05, 0) is 20.8 Å². The second-order valence-corrected chi connectivity index (χ2v) is 5.66. The van der Waals surface area contributed by atoms with Gasteiger partial charge in [-0.1, -0.05) is 0 Å². The molecule has 0 saturated carbocycles. The van der Waals surface area contributed by atoms with Crippen molar-refractivity contribution < 1.29 is 9.53 Å². The Morgan fingerprint density at radius 2 is 2.18 bits per heavy atom. The number of hydrogen-bond donors (Lipinski definition) is 0. The van der Waals surface area contributed by atoms with Crippen LogP contribution in [0, 0.1) is 13.8 Å². The minimum atomic E-state index is -0.362. The molecule has 0 radical (unpaired) electrons. The summed E-state index contributed by atoms with van der Waals surface area (Å²) in [5.41, 5.74) is 1.23. The molecule has 6 heteroatoms. The van der Waals surface area contributed by atoms with Crippen molar-refractivity contribution in [3.8, 4) is 10.7 Å². The Hall–Kier alpha value is -1.27. The summed E-state index contributed by atoms with van der Waals surface area (Å²) in [4.78, 5) is 21.1. The van der Waals surface area contributed by atoms with E-state index in [4.69, 9.17) is 4.74 Å². The number of aryl methyl sites for hydroxylation is 2. The highest BCUT2D eigenvalue weighted by molar-refractivity contribution is 7.15. The Kier molecular flexibility index (Phi) is 3.54. The summed E-state index contributed by atoms with van der Waals surface area (Å²) >= 11 is 3.04. The molecule has 2 aromatic rings. The molecular weight excluding hydrogens is 256 g/mol. The molecule has 0 N–H and O–H groups in total. The smallest absolute Gasteiger partial charge is 0.358 e. The van der Waals surface area contributed by atoms with E-state index in [-0.39, 0.29) is 5.97 Å². The van der Waals surface area contributed by atoms with Crippen LogP contribution in [0.5, 0.6) is 0 Å². The molecule has 0 spiro atoms. The van der Waals surface area contributed by atoms with Crippen LogP contribution in [0.3, 0.4) is 0 Å². The first-order chi connectivity index (χ1) is 8.11. The van der Waals surface area contributed by atoms with Crippen molar-refractivity contribution in [3.63, 3.8) is 0 Å².